The summed E-state index contributed by atoms with van der Waals surface area (Å²) in [6.07, 6.45) is 7.36. The molecule has 6 aromatic heterocycles. The van der Waals surface area contributed by atoms with Gasteiger partial charge in [-0.05, 0) is 96.1 Å². The predicted octanol–water partition coefficient (Wildman–Crippen LogP) is 12.1. The zero-order chi connectivity index (χ0) is 39.6. The van der Waals surface area contributed by atoms with Gasteiger partial charge in [-0.15, -0.1) is 0 Å². The van der Waals surface area contributed by atoms with Crippen molar-refractivity contribution in [3.8, 4) is 56.4 Å². The molecule has 0 aliphatic heterocycles. The second-order valence-corrected chi connectivity index (χ2v) is 14.9. The summed E-state index contributed by atoms with van der Waals surface area (Å²) in [6, 6.07) is 53.7. The van der Waals surface area contributed by atoms with Crippen molar-refractivity contribution in [1.29, 1.82) is 0 Å². The molecule has 8 heteroatoms. The highest BCUT2D eigenvalue weighted by Crippen LogP contribution is 2.42. The van der Waals surface area contributed by atoms with Crippen molar-refractivity contribution in [1.82, 2.24) is 39.9 Å². The molecule has 0 saturated carbocycles. The number of hydrogen-bond donors (Lipinski definition) is 0. The Morgan fingerprint density at radius 3 is 1.45 bits per heavy atom. The highest BCUT2D eigenvalue weighted by atomic mass is 15.0. The van der Waals surface area contributed by atoms with Crippen LogP contribution in [0.3, 0.4) is 0 Å². The number of para-hydroxylation sites is 1. The molecule has 8 nitrogen and oxygen atoms in total. The van der Waals surface area contributed by atoms with Crippen molar-refractivity contribution < 1.29 is 0 Å². The maximum absolute atomic E-state index is 5.29. The molecule has 6 heterocycles. The van der Waals surface area contributed by atoms with Crippen molar-refractivity contribution in [3.05, 3.63) is 183 Å². The molecule has 60 heavy (non-hydrogen) atoms. The van der Waals surface area contributed by atoms with Crippen LogP contribution in [0.4, 0.5) is 0 Å². The van der Waals surface area contributed by atoms with Crippen LogP contribution in [-0.4, -0.2) is 39.9 Å². The Bertz CT molecular complexity index is 3440. The van der Waals surface area contributed by atoms with Crippen molar-refractivity contribution >= 4 is 65.4 Å². The lowest BCUT2D eigenvalue weighted by molar-refractivity contribution is 1.07. The molecular weight excluding hydrogens is 737 g/mol. The zero-order valence-electron chi connectivity index (χ0n) is 31.9. The third kappa shape index (κ3) is 5.69. The summed E-state index contributed by atoms with van der Waals surface area (Å²) in [5.74, 6) is 1.66. The van der Waals surface area contributed by atoms with Gasteiger partial charge in [0, 0.05) is 84.9 Å². The Labute approximate surface area is 343 Å². The number of fused-ring (bicyclic) bond motifs is 6. The second-order valence-electron chi connectivity index (χ2n) is 14.9. The number of nitrogens with zero attached hydrogens (tertiary/aromatic N) is 8. The van der Waals surface area contributed by atoms with Gasteiger partial charge in [-0.3, -0.25) is 19.9 Å². The molecular formula is C52H30N8. The first kappa shape index (κ1) is 33.7. The number of rotatable bonds is 5. The summed E-state index contributed by atoms with van der Waals surface area (Å²) in [4.78, 5) is 40.1. The molecule has 0 fully saturated rings. The van der Waals surface area contributed by atoms with E-state index in [4.69, 9.17) is 39.9 Å². The minimum Gasteiger partial charge on any atom is -0.256 e. The number of hydrogen-bond acceptors (Lipinski definition) is 8. The fraction of sp³-hybridized carbons (Fsp3) is 0. The van der Waals surface area contributed by atoms with Crippen LogP contribution in [-0.2, 0) is 0 Å². The maximum Gasteiger partial charge on any atom is 0.164 e. The van der Waals surface area contributed by atoms with E-state index in [-0.39, 0.29) is 0 Å². The topological polar surface area (TPSA) is 103 Å². The minimum absolute atomic E-state index is 0.532. The van der Waals surface area contributed by atoms with Gasteiger partial charge in [-0.2, -0.15) is 0 Å². The Balaban J connectivity index is 1.17. The van der Waals surface area contributed by atoms with Crippen molar-refractivity contribution in [3.63, 3.8) is 0 Å². The molecule has 12 rings (SSSR count). The number of pyridine rings is 5. The Morgan fingerprint density at radius 1 is 0.267 bits per heavy atom. The molecule has 12 aromatic rings. The lowest BCUT2D eigenvalue weighted by Gasteiger charge is -2.16. The largest absolute Gasteiger partial charge is 0.256 e. The van der Waals surface area contributed by atoms with Crippen LogP contribution in [0, 0.1) is 0 Å². The van der Waals surface area contributed by atoms with Gasteiger partial charge >= 0.3 is 0 Å². The first-order valence-electron chi connectivity index (χ1n) is 19.7. The molecule has 0 aliphatic rings. The van der Waals surface area contributed by atoms with Gasteiger partial charge in [-0.1, -0.05) is 72.8 Å². The fourth-order valence-corrected chi connectivity index (χ4v) is 8.42. The van der Waals surface area contributed by atoms with Crippen LogP contribution in [0.1, 0.15) is 0 Å². The molecule has 0 N–H and O–H groups in total. The van der Waals surface area contributed by atoms with Gasteiger partial charge in [0.05, 0.1) is 33.1 Å². The molecule has 0 aliphatic carbocycles. The zero-order valence-corrected chi connectivity index (χ0v) is 31.9. The summed E-state index contributed by atoms with van der Waals surface area (Å²) in [6.45, 7) is 0. The molecule has 0 radical (unpaired) electrons. The number of aromatic nitrogens is 8. The van der Waals surface area contributed by atoms with Crippen molar-refractivity contribution in [2.75, 3.05) is 0 Å². The van der Waals surface area contributed by atoms with Crippen molar-refractivity contribution in [2.24, 2.45) is 0 Å². The van der Waals surface area contributed by atoms with Crippen LogP contribution in [0.2, 0.25) is 0 Å². The Morgan fingerprint density at radius 2 is 0.783 bits per heavy atom. The van der Waals surface area contributed by atoms with Gasteiger partial charge in [0.15, 0.2) is 17.5 Å². The molecule has 0 bridgehead atoms. The molecule has 0 spiro atoms. The molecule has 0 amide bonds. The Hall–Kier alpha value is -8.36. The molecule has 6 aromatic carbocycles. The summed E-state index contributed by atoms with van der Waals surface area (Å²) in [5, 5.41) is 6.07. The lowest BCUT2D eigenvalue weighted by Crippen LogP contribution is -2.01. The van der Waals surface area contributed by atoms with Crippen LogP contribution < -0.4 is 0 Å². The van der Waals surface area contributed by atoms with Crippen LogP contribution in [0.15, 0.2) is 183 Å². The number of benzene rings is 6. The summed E-state index contributed by atoms with van der Waals surface area (Å²) >= 11 is 0. The third-order valence-electron chi connectivity index (χ3n) is 11.2. The van der Waals surface area contributed by atoms with E-state index in [0.29, 0.717) is 17.5 Å². The van der Waals surface area contributed by atoms with Crippen LogP contribution in [0.5, 0.6) is 0 Å². The first-order valence-corrected chi connectivity index (χ1v) is 19.7. The Kier molecular flexibility index (Phi) is 7.67. The van der Waals surface area contributed by atoms with E-state index >= 15 is 0 Å². The lowest BCUT2D eigenvalue weighted by atomic mass is 9.90. The van der Waals surface area contributed by atoms with Gasteiger partial charge in [0.2, 0.25) is 0 Å². The molecule has 0 saturated heterocycles. The summed E-state index contributed by atoms with van der Waals surface area (Å²) < 4.78 is 0. The van der Waals surface area contributed by atoms with Gasteiger partial charge in [0.25, 0.3) is 0 Å². The monoisotopic (exact) mass is 766 g/mol. The van der Waals surface area contributed by atoms with Gasteiger partial charge < -0.3 is 0 Å². The quantitative estimate of drug-likeness (QED) is 0.160. The molecule has 0 atom stereocenters. The maximum atomic E-state index is 5.29. The fourth-order valence-electron chi connectivity index (χ4n) is 8.42. The van der Waals surface area contributed by atoms with E-state index in [1.54, 1.807) is 0 Å². The van der Waals surface area contributed by atoms with E-state index in [0.717, 1.165) is 104 Å². The SMILES string of the molecule is c1ccc(-c2nc(-c3cc(-c4c5cccnc5cc5cccnc45)cc(-c4c5cccnc5cc5cccnc45)c3)nc(-c3ccc4nc5ccccc5cc4c3)n2)cc1. The van der Waals surface area contributed by atoms with Gasteiger partial charge in [-0.25, -0.2) is 19.9 Å². The van der Waals surface area contributed by atoms with Crippen LogP contribution in [0.25, 0.3) is 122 Å². The first-order chi connectivity index (χ1) is 29.7. The minimum atomic E-state index is 0.532. The highest BCUT2D eigenvalue weighted by molar-refractivity contribution is 6.13. The standard InChI is InChI=1S/C52H30N8/c1-2-10-31(11-3-1)50-58-51(35-18-19-43-36(25-35)24-32-12-4-5-17-42(32)57-43)60-52(59-50)39-27-37(46-40-15-8-20-53-44(40)29-33-13-6-22-55-48(33)46)26-38(28-39)47-41-16-9-21-54-45(41)30-34-14-7-23-56-49(34)47/h1-30H. The average Bonchev–Trinajstić information content (AvgIpc) is 3.31. The van der Waals surface area contributed by atoms with E-state index < -0.39 is 0 Å². The van der Waals surface area contributed by atoms with E-state index in [2.05, 4.69) is 72.8 Å². The predicted molar refractivity (Wildman–Crippen MR) is 241 cm³/mol. The smallest absolute Gasteiger partial charge is 0.164 e. The molecule has 278 valence electrons. The summed E-state index contributed by atoms with van der Waals surface area (Å²) in [7, 11) is 0. The van der Waals surface area contributed by atoms with E-state index in [1.165, 1.54) is 0 Å². The summed E-state index contributed by atoms with van der Waals surface area (Å²) in [5.41, 5.74) is 11.8. The average molecular weight is 767 g/mol. The highest BCUT2D eigenvalue weighted by Gasteiger charge is 2.20. The van der Waals surface area contributed by atoms with Gasteiger partial charge in [0.1, 0.15) is 0 Å². The van der Waals surface area contributed by atoms with E-state index in [9.17, 15) is 0 Å². The van der Waals surface area contributed by atoms with Crippen molar-refractivity contribution in [2.45, 2.75) is 0 Å². The van der Waals surface area contributed by atoms with E-state index in [1.807, 2.05) is 110 Å². The van der Waals surface area contributed by atoms with Crippen LogP contribution >= 0.6 is 0 Å². The third-order valence-corrected chi connectivity index (χ3v) is 11.2. The normalized spacial score (nSPS) is 11.7. The second kappa shape index (κ2) is 13.6. The molecule has 0 unspecified atom stereocenters.